The summed E-state index contributed by atoms with van der Waals surface area (Å²) < 4.78 is 20.0. The van der Waals surface area contributed by atoms with Crippen molar-refractivity contribution in [1.29, 1.82) is 0 Å². The first-order valence-corrected chi connectivity index (χ1v) is 9.07. The standard InChI is InChI=1S/C22H21FN2O4/c23-18-8-6-17(7-9-18)15-29-21-12-25(19(14-26)10-20(21)27)13-22(28)24-11-16-4-2-1-3-5-16/h1-10,12,26H,11,13-15H2,(H,24,28). The second kappa shape index (κ2) is 9.66. The van der Waals surface area contributed by atoms with Crippen LogP contribution in [0.2, 0.25) is 0 Å². The molecule has 0 aliphatic heterocycles. The van der Waals surface area contributed by atoms with Crippen molar-refractivity contribution < 1.29 is 19.0 Å². The molecule has 1 heterocycles. The third-order valence-corrected chi connectivity index (χ3v) is 4.30. The van der Waals surface area contributed by atoms with Gasteiger partial charge in [0.15, 0.2) is 5.75 Å². The molecule has 0 atom stereocenters. The number of aromatic nitrogens is 1. The van der Waals surface area contributed by atoms with E-state index in [0.29, 0.717) is 17.8 Å². The SMILES string of the molecule is O=C(Cn1cc(OCc2ccc(F)cc2)c(=O)cc1CO)NCc1ccccc1. The lowest BCUT2D eigenvalue weighted by atomic mass is 10.2. The van der Waals surface area contributed by atoms with Crippen molar-refractivity contribution in [2.75, 3.05) is 0 Å². The quantitative estimate of drug-likeness (QED) is 0.613. The van der Waals surface area contributed by atoms with Gasteiger partial charge in [0.1, 0.15) is 19.0 Å². The minimum absolute atomic E-state index is 0.0439. The largest absolute Gasteiger partial charge is 0.483 e. The summed E-state index contributed by atoms with van der Waals surface area (Å²) >= 11 is 0. The fourth-order valence-corrected chi connectivity index (χ4v) is 2.73. The Bertz CT molecular complexity index is 1020. The lowest BCUT2D eigenvalue weighted by molar-refractivity contribution is -0.121. The van der Waals surface area contributed by atoms with Gasteiger partial charge in [-0.05, 0) is 23.3 Å². The molecule has 2 N–H and O–H groups in total. The number of hydrogen-bond donors (Lipinski definition) is 2. The predicted molar refractivity (Wildman–Crippen MR) is 106 cm³/mol. The second-order valence-electron chi connectivity index (χ2n) is 6.46. The second-order valence-corrected chi connectivity index (χ2v) is 6.46. The molecule has 3 rings (SSSR count). The Morgan fingerprint density at radius 2 is 1.79 bits per heavy atom. The molecule has 3 aromatic rings. The topological polar surface area (TPSA) is 80.6 Å². The highest BCUT2D eigenvalue weighted by atomic mass is 19.1. The van der Waals surface area contributed by atoms with Gasteiger partial charge in [-0.25, -0.2) is 4.39 Å². The first kappa shape index (κ1) is 20.3. The highest BCUT2D eigenvalue weighted by Gasteiger charge is 2.11. The van der Waals surface area contributed by atoms with Crippen LogP contribution in [0.4, 0.5) is 4.39 Å². The molecule has 0 saturated carbocycles. The number of nitrogens with zero attached hydrogens (tertiary/aromatic N) is 1. The van der Waals surface area contributed by atoms with Crippen molar-refractivity contribution in [2.24, 2.45) is 0 Å². The fraction of sp³-hybridized carbons (Fsp3) is 0.182. The van der Waals surface area contributed by atoms with Crippen molar-refractivity contribution in [3.05, 3.63) is 99.7 Å². The third kappa shape index (κ3) is 5.76. The third-order valence-electron chi connectivity index (χ3n) is 4.30. The van der Waals surface area contributed by atoms with Gasteiger partial charge >= 0.3 is 0 Å². The number of hydrogen-bond acceptors (Lipinski definition) is 4. The highest BCUT2D eigenvalue weighted by Crippen LogP contribution is 2.11. The number of pyridine rings is 1. The molecule has 1 aromatic heterocycles. The van der Waals surface area contributed by atoms with Gasteiger partial charge in [0.2, 0.25) is 11.3 Å². The van der Waals surface area contributed by atoms with E-state index >= 15 is 0 Å². The number of amides is 1. The van der Waals surface area contributed by atoms with E-state index in [1.807, 2.05) is 30.3 Å². The van der Waals surface area contributed by atoms with Gasteiger partial charge in [0.05, 0.1) is 12.8 Å². The average molecular weight is 396 g/mol. The van der Waals surface area contributed by atoms with Crippen LogP contribution in [0, 0.1) is 5.82 Å². The summed E-state index contributed by atoms with van der Waals surface area (Å²) in [6.07, 6.45) is 1.40. The number of carbonyl (C=O) groups is 1. The lowest BCUT2D eigenvalue weighted by Crippen LogP contribution is -2.29. The molecule has 1 amide bonds. The van der Waals surface area contributed by atoms with Crippen molar-refractivity contribution in [3.8, 4) is 5.75 Å². The van der Waals surface area contributed by atoms with Crippen molar-refractivity contribution in [2.45, 2.75) is 26.3 Å². The summed E-state index contributed by atoms with van der Waals surface area (Å²) in [5, 5.41) is 12.3. The molecule has 0 radical (unpaired) electrons. The van der Waals surface area contributed by atoms with Gasteiger partial charge in [-0.3, -0.25) is 9.59 Å². The maximum atomic E-state index is 13.0. The maximum Gasteiger partial charge on any atom is 0.240 e. The van der Waals surface area contributed by atoms with Crippen molar-refractivity contribution in [1.82, 2.24) is 9.88 Å². The van der Waals surface area contributed by atoms with Gasteiger partial charge in [0.25, 0.3) is 0 Å². The van der Waals surface area contributed by atoms with Crippen LogP contribution >= 0.6 is 0 Å². The van der Waals surface area contributed by atoms with E-state index in [-0.39, 0.29) is 37.2 Å². The van der Waals surface area contributed by atoms with Crippen LogP contribution in [0.5, 0.6) is 5.75 Å². The van der Waals surface area contributed by atoms with Crippen molar-refractivity contribution >= 4 is 5.91 Å². The Morgan fingerprint density at radius 1 is 1.07 bits per heavy atom. The van der Waals surface area contributed by atoms with Gasteiger partial charge in [-0.15, -0.1) is 0 Å². The van der Waals surface area contributed by atoms with Gasteiger partial charge < -0.3 is 19.7 Å². The molecule has 0 spiro atoms. The summed E-state index contributed by atoms with van der Waals surface area (Å²) in [5.41, 5.74) is 1.56. The van der Waals surface area contributed by atoms with Crippen LogP contribution in [0.3, 0.4) is 0 Å². The fourth-order valence-electron chi connectivity index (χ4n) is 2.73. The molecule has 0 aliphatic rings. The molecule has 6 nitrogen and oxygen atoms in total. The number of rotatable bonds is 8. The summed E-state index contributed by atoms with van der Waals surface area (Å²) in [6, 6.07) is 16.5. The molecule has 0 aliphatic carbocycles. The first-order valence-electron chi connectivity index (χ1n) is 9.07. The molecule has 0 bridgehead atoms. The smallest absolute Gasteiger partial charge is 0.240 e. The van der Waals surface area contributed by atoms with Crippen LogP contribution in [0.15, 0.2) is 71.7 Å². The minimum Gasteiger partial charge on any atom is -0.483 e. The minimum atomic E-state index is -0.405. The van der Waals surface area contributed by atoms with E-state index in [0.717, 1.165) is 5.56 Å². The average Bonchev–Trinajstić information content (AvgIpc) is 2.74. The summed E-state index contributed by atoms with van der Waals surface area (Å²) in [4.78, 5) is 24.5. The normalized spacial score (nSPS) is 10.6. The first-order chi connectivity index (χ1) is 14.0. The van der Waals surface area contributed by atoms with E-state index in [9.17, 15) is 19.1 Å². The molecular formula is C22H21FN2O4. The Hall–Kier alpha value is -3.45. The molecule has 0 unspecified atom stereocenters. The molecule has 29 heavy (non-hydrogen) atoms. The molecule has 0 saturated heterocycles. The number of aliphatic hydroxyl groups excluding tert-OH is 1. The van der Waals surface area contributed by atoms with E-state index in [2.05, 4.69) is 5.32 Å². The number of aliphatic hydroxyl groups is 1. The van der Waals surface area contributed by atoms with Crippen LogP contribution in [0.25, 0.3) is 0 Å². The van der Waals surface area contributed by atoms with Crippen LogP contribution in [0.1, 0.15) is 16.8 Å². The number of benzene rings is 2. The van der Waals surface area contributed by atoms with E-state index in [1.165, 1.54) is 29.0 Å². The van der Waals surface area contributed by atoms with E-state index < -0.39 is 5.43 Å². The predicted octanol–water partition coefficient (Wildman–Crippen LogP) is 2.38. The summed E-state index contributed by atoms with van der Waals surface area (Å²) in [7, 11) is 0. The molecule has 150 valence electrons. The lowest BCUT2D eigenvalue weighted by Gasteiger charge is -2.14. The zero-order valence-corrected chi connectivity index (χ0v) is 15.7. The van der Waals surface area contributed by atoms with Gasteiger partial charge in [-0.1, -0.05) is 42.5 Å². The zero-order chi connectivity index (χ0) is 20.6. The van der Waals surface area contributed by atoms with E-state index in [1.54, 1.807) is 12.1 Å². The number of ether oxygens (including phenoxy) is 1. The molecule has 2 aromatic carbocycles. The molecule has 7 heteroatoms. The Kier molecular flexibility index (Phi) is 6.76. The summed E-state index contributed by atoms with van der Waals surface area (Å²) in [6.45, 7) is -0.00812. The number of nitrogens with one attached hydrogen (secondary N) is 1. The van der Waals surface area contributed by atoms with E-state index in [4.69, 9.17) is 4.74 Å². The number of carbonyl (C=O) groups excluding carboxylic acids is 1. The monoisotopic (exact) mass is 396 g/mol. The van der Waals surface area contributed by atoms with Crippen LogP contribution in [-0.2, 0) is 31.1 Å². The Labute approximate surface area is 167 Å². The molecule has 0 fully saturated rings. The van der Waals surface area contributed by atoms with Gasteiger partial charge in [-0.2, -0.15) is 0 Å². The number of halogens is 1. The zero-order valence-electron chi connectivity index (χ0n) is 15.7. The van der Waals surface area contributed by atoms with Gasteiger partial charge in [0, 0.05) is 18.3 Å². The Balaban J connectivity index is 1.68. The maximum absolute atomic E-state index is 13.0. The summed E-state index contributed by atoms with van der Waals surface area (Å²) in [5.74, 6) is -0.580. The highest BCUT2D eigenvalue weighted by molar-refractivity contribution is 5.75. The van der Waals surface area contributed by atoms with Crippen molar-refractivity contribution in [3.63, 3.8) is 0 Å². The Morgan fingerprint density at radius 3 is 2.48 bits per heavy atom. The molecular weight excluding hydrogens is 375 g/mol. The van der Waals surface area contributed by atoms with Crippen LogP contribution < -0.4 is 15.5 Å². The van der Waals surface area contributed by atoms with Crippen LogP contribution in [-0.4, -0.2) is 15.6 Å².